The summed E-state index contributed by atoms with van der Waals surface area (Å²) in [5.41, 5.74) is 8.42. The summed E-state index contributed by atoms with van der Waals surface area (Å²) in [4.78, 5) is 14.1. The van der Waals surface area contributed by atoms with Crippen LogP contribution in [0, 0.1) is 17.5 Å². The molecular formula is C26H22F9N7. The van der Waals surface area contributed by atoms with Crippen LogP contribution >= 0.6 is 0 Å². The molecule has 1 saturated heterocycles. The number of halogens is 9. The van der Waals surface area contributed by atoms with Gasteiger partial charge in [-0.3, -0.25) is 0 Å². The van der Waals surface area contributed by atoms with Gasteiger partial charge in [0, 0.05) is 50.5 Å². The first kappa shape index (κ1) is 29.4. The van der Waals surface area contributed by atoms with Gasteiger partial charge >= 0.3 is 12.4 Å². The highest BCUT2D eigenvalue weighted by Crippen LogP contribution is 2.39. The van der Waals surface area contributed by atoms with E-state index in [0.717, 1.165) is 12.1 Å². The number of nitrogens with one attached hydrogen (secondary N) is 1. The molecule has 1 aliphatic heterocycles. The van der Waals surface area contributed by atoms with Gasteiger partial charge < -0.3 is 26.3 Å². The van der Waals surface area contributed by atoms with Gasteiger partial charge in [-0.25, -0.2) is 23.1 Å². The molecule has 2 aromatic heterocycles. The summed E-state index contributed by atoms with van der Waals surface area (Å²) in [7, 11) is 0. The second-order valence-electron chi connectivity index (χ2n) is 9.68. The Hall–Kier alpha value is -4.05. The largest absolute Gasteiger partial charge is 0.419 e. The van der Waals surface area contributed by atoms with E-state index in [1.807, 2.05) is 0 Å². The number of pyridine rings is 1. The highest BCUT2D eigenvalue weighted by molar-refractivity contribution is 5.94. The highest BCUT2D eigenvalue weighted by atomic mass is 19.4. The van der Waals surface area contributed by atoms with E-state index >= 15 is 0 Å². The van der Waals surface area contributed by atoms with E-state index < -0.39 is 47.0 Å². The zero-order valence-electron chi connectivity index (χ0n) is 21.4. The number of hydrogen-bond donors (Lipinski definition) is 3. The predicted octanol–water partition coefficient (Wildman–Crippen LogP) is 5.36. The minimum absolute atomic E-state index is 0.00121. The number of hydrogen-bond acceptors (Lipinski definition) is 6. The topological polar surface area (TPSA) is 100 Å². The van der Waals surface area contributed by atoms with Crippen LogP contribution in [-0.4, -0.2) is 47.7 Å². The summed E-state index contributed by atoms with van der Waals surface area (Å²) in [6.45, 7) is 0.217. The molecule has 224 valence electrons. The van der Waals surface area contributed by atoms with Crippen LogP contribution in [-0.2, 0) is 12.4 Å². The summed E-state index contributed by atoms with van der Waals surface area (Å²) in [6, 6.07) is 2.64. The number of anilines is 2. The molecule has 0 aliphatic carbocycles. The number of alkyl halides is 6. The van der Waals surface area contributed by atoms with E-state index in [0.29, 0.717) is 18.2 Å². The monoisotopic (exact) mass is 603 g/mol. The van der Waals surface area contributed by atoms with Crippen molar-refractivity contribution in [2.75, 3.05) is 42.5 Å². The molecule has 1 unspecified atom stereocenters. The normalized spacial score (nSPS) is 15.5. The molecule has 5 N–H and O–H groups in total. The molecule has 0 radical (unpaired) electrons. The first-order valence-electron chi connectivity index (χ1n) is 12.5. The van der Waals surface area contributed by atoms with Crippen LogP contribution in [0.25, 0.3) is 22.2 Å². The van der Waals surface area contributed by atoms with Crippen LogP contribution in [0.4, 0.5) is 51.3 Å². The van der Waals surface area contributed by atoms with Crippen LogP contribution in [0.1, 0.15) is 22.7 Å². The Kier molecular flexibility index (Phi) is 7.47. The average molecular weight is 603 g/mol. The fourth-order valence-corrected chi connectivity index (χ4v) is 4.76. The van der Waals surface area contributed by atoms with Crippen LogP contribution in [0.5, 0.6) is 0 Å². The fourth-order valence-electron chi connectivity index (χ4n) is 4.76. The first-order valence-corrected chi connectivity index (χ1v) is 12.5. The van der Waals surface area contributed by atoms with Crippen LogP contribution in [0.3, 0.4) is 0 Å². The van der Waals surface area contributed by atoms with Crippen molar-refractivity contribution >= 4 is 22.8 Å². The van der Waals surface area contributed by atoms with E-state index in [4.69, 9.17) is 11.5 Å². The SMILES string of the molecule is NCC(N)c1cnc(N2CCN(c3nc4cc(C(F)(F)F)cc(-c5cc(F)c(F)c(F)c5)c4[nH]3)CC2)c(C(F)(F)F)c1. The minimum atomic E-state index is -4.84. The third-order valence-electron chi connectivity index (χ3n) is 6.96. The molecule has 1 atom stereocenters. The number of nitrogens with two attached hydrogens (primary N) is 2. The van der Waals surface area contributed by atoms with Gasteiger partial charge in [-0.1, -0.05) is 0 Å². The quantitative estimate of drug-likeness (QED) is 0.210. The predicted molar refractivity (Wildman–Crippen MR) is 136 cm³/mol. The Morgan fingerprint density at radius 2 is 1.48 bits per heavy atom. The van der Waals surface area contributed by atoms with E-state index in [9.17, 15) is 39.5 Å². The fraction of sp³-hybridized carbons (Fsp3) is 0.308. The van der Waals surface area contributed by atoms with E-state index in [1.54, 1.807) is 4.90 Å². The third-order valence-corrected chi connectivity index (χ3v) is 6.96. The molecule has 1 aliphatic rings. The molecule has 16 heteroatoms. The molecule has 0 bridgehead atoms. The van der Waals surface area contributed by atoms with Crippen LogP contribution < -0.4 is 21.3 Å². The Bertz CT molecular complexity index is 1600. The lowest BCUT2D eigenvalue weighted by Crippen LogP contribution is -2.47. The second kappa shape index (κ2) is 10.7. The Morgan fingerprint density at radius 1 is 0.857 bits per heavy atom. The van der Waals surface area contributed by atoms with Crippen molar-refractivity contribution in [3.63, 3.8) is 0 Å². The molecule has 3 heterocycles. The zero-order chi connectivity index (χ0) is 30.6. The maximum atomic E-state index is 14.0. The molecule has 4 aromatic rings. The van der Waals surface area contributed by atoms with E-state index in [1.165, 1.54) is 11.1 Å². The van der Waals surface area contributed by atoms with Gasteiger partial charge in [0.05, 0.1) is 22.2 Å². The molecule has 7 nitrogen and oxygen atoms in total. The van der Waals surface area contributed by atoms with Gasteiger partial charge in [0.25, 0.3) is 0 Å². The summed E-state index contributed by atoms with van der Waals surface area (Å²) in [6.07, 6.45) is -8.33. The maximum Gasteiger partial charge on any atom is 0.419 e. The summed E-state index contributed by atoms with van der Waals surface area (Å²) < 4.78 is 124. The number of benzene rings is 2. The maximum absolute atomic E-state index is 14.0. The summed E-state index contributed by atoms with van der Waals surface area (Å²) >= 11 is 0. The minimum Gasteiger partial charge on any atom is -0.353 e. The standard InChI is InChI=1S/C26H22F9N7/c27-17-6-12(7-18(28)21(17)29)15-8-14(25(30,31)32)9-20-22(15)40-24(39-20)42-3-1-41(2-4-42)23-16(26(33,34)35)5-13(11-38-23)19(37)10-36/h5-9,11,19H,1-4,10,36-37H2,(H,39,40). The van der Waals surface area contributed by atoms with Crippen molar-refractivity contribution < 1.29 is 39.5 Å². The molecule has 1 fully saturated rings. The van der Waals surface area contributed by atoms with E-state index in [-0.39, 0.29) is 72.2 Å². The number of H-pyrrole nitrogens is 1. The summed E-state index contributed by atoms with van der Waals surface area (Å²) in [5, 5.41) is 0. The molecular weight excluding hydrogens is 581 g/mol. The summed E-state index contributed by atoms with van der Waals surface area (Å²) in [5.74, 6) is -5.17. The van der Waals surface area contributed by atoms with Crippen molar-refractivity contribution in [2.45, 2.75) is 18.4 Å². The third kappa shape index (κ3) is 5.55. The lowest BCUT2D eigenvalue weighted by Gasteiger charge is -2.36. The second-order valence-corrected chi connectivity index (χ2v) is 9.68. The van der Waals surface area contributed by atoms with Crippen molar-refractivity contribution in [2.24, 2.45) is 11.5 Å². The number of imidazole rings is 1. The molecule has 0 saturated carbocycles. The molecule has 0 amide bonds. The zero-order valence-corrected chi connectivity index (χ0v) is 21.4. The van der Waals surface area contributed by atoms with Crippen LogP contribution in [0.15, 0.2) is 36.5 Å². The molecule has 5 rings (SSSR count). The Balaban J connectivity index is 1.47. The van der Waals surface area contributed by atoms with Crippen LogP contribution in [0.2, 0.25) is 0 Å². The Labute approximate surface area is 231 Å². The highest BCUT2D eigenvalue weighted by Gasteiger charge is 2.38. The lowest BCUT2D eigenvalue weighted by molar-refractivity contribution is -0.138. The Morgan fingerprint density at radius 3 is 2.05 bits per heavy atom. The van der Waals surface area contributed by atoms with Crippen molar-refractivity contribution in [1.82, 2.24) is 15.0 Å². The van der Waals surface area contributed by atoms with Gasteiger partial charge in [-0.15, -0.1) is 0 Å². The molecule has 2 aromatic carbocycles. The van der Waals surface area contributed by atoms with Crippen molar-refractivity contribution in [1.29, 1.82) is 0 Å². The van der Waals surface area contributed by atoms with Crippen molar-refractivity contribution in [3.8, 4) is 11.1 Å². The van der Waals surface area contributed by atoms with Gasteiger partial charge in [-0.2, -0.15) is 26.3 Å². The van der Waals surface area contributed by atoms with E-state index in [2.05, 4.69) is 15.0 Å². The first-order chi connectivity index (χ1) is 19.7. The molecule has 0 spiro atoms. The molecule has 42 heavy (non-hydrogen) atoms. The number of aromatic amines is 1. The number of rotatable bonds is 5. The lowest BCUT2D eigenvalue weighted by atomic mass is 10.0. The number of aromatic nitrogens is 3. The smallest absolute Gasteiger partial charge is 0.353 e. The number of nitrogens with zero attached hydrogens (tertiary/aromatic N) is 4. The van der Waals surface area contributed by atoms with Gasteiger partial charge in [-0.05, 0) is 41.5 Å². The van der Waals surface area contributed by atoms with Crippen molar-refractivity contribution in [3.05, 3.63) is 70.7 Å². The average Bonchev–Trinajstić information content (AvgIpc) is 3.38. The van der Waals surface area contributed by atoms with Gasteiger partial charge in [0.1, 0.15) is 5.82 Å². The van der Waals surface area contributed by atoms with Gasteiger partial charge in [0.2, 0.25) is 5.95 Å². The number of fused-ring (bicyclic) bond motifs is 1. The van der Waals surface area contributed by atoms with Gasteiger partial charge in [0.15, 0.2) is 17.5 Å². The number of piperazine rings is 1.